The van der Waals surface area contributed by atoms with Crippen LogP contribution in [-0.2, 0) is 0 Å². The van der Waals surface area contributed by atoms with E-state index in [1.54, 1.807) is 0 Å². The van der Waals surface area contributed by atoms with Crippen LogP contribution in [0.4, 0.5) is 5.69 Å². The molecule has 2 rings (SSSR count). The van der Waals surface area contributed by atoms with E-state index in [0.29, 0.717) is 0 Å². The monoisotopic (exact) mass is 270 g/mol. The van der Waals surface area contributed by atoms with Gasteiger partial charge in [0.05, 0.1) is 18.0 Å². The van der Waals surface area contributed by atoms with Gasteiger partial charge in [-0.05, 0) is 57.5 Å². The Labute approximate surface area is 121 Å². The van der Waals surface area contributed by atoms with Crippen molar-refractivity contribution in [2.24, 2.45) is 0 Å². The van der Waals surface area contributed by atoms with Crippen molar-refractivity contribution in [3.63, 3.8) is 0 Å². The van der Waals surface area contributed by atoms with Gasteiger partial charge in [0, 0.05) is 11.7 Å². The Morgan fingerprint density at radius 2 is 1.70 bits per heavy atom. The molecule has 3 nitrogen and oxygen atoms in total. The predicted octanol–water partition coefficient (Wildman–Crippen LogP) is 4.35. The van der Waals surface area contributed by atoms with Gasteiger partial charge in [0.25, 0.3) is 0 Å². The first-order valence-electron chi connectivity index (χ1n) is 7.00. The number of aromatic nitrogens is 1. The zero-order valence-corrected chi connectivity index (χ0v) is 12.6. The fourth-order valence-electron chi connectivity index (χ4n) is 1.99. The third kappa shape index (κ3) is 3.98. The van der Waals surface area contributed by atoms with Crippen molar-refractivity contribution in [3.05, 3.63) is 53.9 Å². The number of nitrogens with one attached hydrogen (secondary N) is 1. The van der Waals surface area contributed by atoms with Gasteiger partial charge in [-0.2, -0.15) is 0 Å². The normalized spacial score (nSPS) is 12.2. The molecule has 0 aliphatic carbocycles. The van der Waals surface area contributed by atoms with Gasteiger partial charge in [-0.15, -0.1) is 0 Å². The van der Waals surface area contributed by atoms with Crippen LogP contribution in [0.5, 0.6) is 5.75 Å². The molecule has 0 aliphatic rings. The maximum Gasteiger partial charge on any atom is 0.119 e. The number of benzene rings is 1. The second kappa shape index (κ2) is 6.42. The van der Waals surface area contributed by atoms with E-state index < -0.39 is 0 Å². The van der Waals surface area contributed by atoms with Gasteiger partial charge >= 0.3 is 0 Å². The maximum absolute atomic E-state index is 5.65. The number of anilines is 1. The number of pyridine rings is 1. The van der Waals surface area contributed by atoms with Gasteiger partial charge in [-0.25, -0.2) is 0 Å². The van der Waals surface area contributed by atoms with Crippen LogP contribution in [-0.4, -0.2) is 11.1 Å². The Hall–Kier alpha value is -2.03. The standard InChI is InChI=1S/C17H22N2O/c1-12(2)20-17-9-6-15(7-10-17)14(4)19-16-8-5-13(3)18-11-16/h5-12,14,19H,1-4H3. The zero-order valence-electron chi connectivity index (χ0n) is 12.6. The molecule has 1 heterocycles. The van der Waals surface area contributed by atoms with Crippen molar-refractivity contribution in [3.8, 4) is 5.75 Å². The lowest BCUT2D eigenvalue weighted by Crippen LogP contribution is -2.08. The summed E-state index contributed by atoms with van der Waals surface area (Å²) in [4.78, 5) is 4.29. The quantitative estimate of drug-likeness (QED) is 0.877. The summed E-state index contributed by atoms with van der Waals surface area (Å²) in [5.41, 5.74) is 3.28. The lowest BCUT2D eigenvalue weighted by Gasteiger charge is -2.16. The molecular formula is C17H22N2O. The van der Waals surface area contributed by atoms with Crippen molar-refractivity contribution in [2.75, 3.05) is 5.32 Å². The lowest BCUT2D eigenvalue weighted by molar-refractivity contribution is 0.242. The molecule has 0 saturated heterocycles. The SMILES string of the molecule is Cc1ccc(NC(C)c2ccc(OC(C)C)cc2)cn1. The third-order valence-corrected chi connectivity index (χ3v) is 3.05. The van der Waals surface area contributed by atoms with E-state index in [0.717, 1.165) is 17.1 Å². The van der Waals surface area contributed by atoms with E-state index in [1.165, 1.54) is 5.56 Å². The maximum atomic E-state index is 5.65. The van der Waals surface area contributed by atoms with Crippen LogP contribution < -0.4 is 10.1 Å². The minimum atomic E-state index is 0.204. The number of nitrogens with zero attached hydrogens (tertiary/aromatic N) is 1. The first kappa shape index (κ1) is 14.4. The number of hydrogen-bond donors (Lipinski definition) is 1. The van der Waals surface area contributed by atoms with Gasteiger partial charge in [0.2, 0.25) is 0 Å². The molecule has 1 aromatic heterocycles. The van der Waals surface area contributed by atoms with Crippen LogP contribution in [0.2, 0.25) is 0 Å². The number of hydrogen-bond acceptors (Lipinski definition) is 3. The zero-order chi connectivity index (χ0) is 14.5. The molecule has 1 aromatic carbocycles. The molecule has 0 aliphatic heterocycles. The molecule has 2 aromatic rings. The molecule has 1 atom stereocenters. The molecular weight excluding hydrogens is 248 g/mol. The highest BCUT2D eigenvalue weighted by Gasteiger charge is 2.06. The largest absolute Gasteiger partial charge is 0.491 e. The average Bonchev–Trinajstić information content (AvgIpc) is 2.41. The summed E-state index contributed by atoms with van der Waals surface area (Å²) in [6.07, 6.45) is 2.07. The summed E-state index contributed by atoms with van der Waals surface area (Å²) < 4.78 is 5.65. The van der Waals surface area contributed by atoms with Crippen molar-refractivity contribution >= 4 is 5.69 Å². The highest BCUT2D eigenvalue weighted by molar-refractivity contribution is 5.44. The first-order chi connectivity index (χ1) is 9.54. The number of ether oxygens (including phenoxy) is 1. The van der Waals surface area contributed by atoms with E-state index in [-0.39, 0.29) is 12.1 Å². The Morgan fingerprint density at radius 3 is 2.25 bits per heavy atom. The molecule has 0 spiro atoms. The number of rotatable bonds is 5. The van der Waals surface area contributed by atoms with Crippen molar-refractivity contribution in [2.45, 2.75) is 39.8 Å². The molecule has 0 radical (unpaired) electrons. The lowest BCUT2D eigenvalue weighted by atomic mass is 10.1. The van der Waals surface area contributed by atoms with E-state index >= 15 is 0 Å². The minimum Gasteiger partial charge on any atom is -0.491 e. The van der Waals surface area contributed by atoms with Gasteiger partial charge in [-0.1, -0.05) is 12.1 Å². The molecule has 20 heavy (non-hydrogen) atoms. The van der Waals surface area contributed by atoms with E-state index in [2.05, 4.69) is 35.4 Å². The van der Waals surface area contributed by atoms with Crippen molar-refractivity contribution in [1.29, 1.82) is 0 Å². The Bertz CT molecular complexity index is 532. The molecule has 0 saturated carbocycles. The Kier molecular flexibility index (Phi) is 4.61. The van der Waals surface area contributed by atoms with E-state index in [9.17, 15) is 0 Å². The highest BCUT2D eigenvalue weighted by Crippen LogP contribution is 2.21. The average molecular weight is 270 g/mol. The van der Waals surface area contributed by atoms with Crippen LogP contribution in [0.3, 0.4) is 0 Å². The molecule has 0 fully saturated rings. The van der Waals surface area contributed by atoms with Crippen LogP contribution in [0.1, 0.15) is 38.1 Å². The molecule has 0 amide bonds. The van der Waals surface area contributed by atoms with Gasteiger partial charge < -0.3 is 10.1 Å². The fraction of sp³-hybridized carbons (Fsp3) is 0.353. The smallest absolute Gasteiger partial charge is 0.119 e. The summed E-state index contributed by atoms with van der Waals surface area (Å²) in [6.45, 7) is 8.18. The molecule has 1 unspecified atom stereocenters. The first-order valence-corrected chi connectivity index (χ1v) is 7.00. The van der Waals surface area contributed by atoms with Gasteiger partial charge in [0.1, 0.15) is 5.75 Å². The summed E-state index contributed by atoms with van der Waals surface area (Å²) in [5.74, 6) is 0.910. The van der Waals surface area contributed by atoms with Crippen LogP contribution in [0, 0.1) is 6.92 Å². The Morgan fingerprint density at radius 1 is 1.00 bits per heavy atom. The predicted molar refractivity (Wildman–Crippen MR) is 83.2 cm³/mol. The third-order valence-electron chi connectivity index (χ3n) is 3.05. The van der Waals surface area contributed by atoms with E-state index in [1.807, 2.05) is 45.2 Å². The summed E-state index contributed by atoms with van der Waals surface area (Å²) in [6, 6.07) is 12.5. The molecule has 3 heteroatoms. The molecule has 1 N–H and O–H groups in total. The summed E-state index contributed by atoms with van der Waals surface area (Å²) in [5, 5.41) is 3.44. The molecule has 0 bridgehead atoms. The van der Waals surface area contributed by atoms with Crippen molar-refractivity contribution in [1.82, 2.24) is 4.98 Å². The number of aryl methyl sites for hydroxylation is 1. The van der Waals surface area contributed by atoms with Gasteiger partial charge in [0.15, 0.2) is 0 Å². The minimum absolute atomic E-state index is 0.204. The van der Waals surface area contributed by atoms with Crippen LogP contribution in [0.25, 0.3) is 0 Å². The fourth-order valence-corrected chi connectivity index (χ4v) is 1.99. The summed E-state index contributed by atoms with van der Waals surface area (Å²) in [7, 11) is 0. The second-order valence-corrected chi connectivity index (χ2v) is 5.29. The van der Waals surface area contributed by atoms with Crippen LogP contribution >= 0.6 is 0 Å². The van der Waals surface area contributed by atoms with Crippen LogP contribution in [0.15, 0.2) is 42.6 Å². The topological polar surface area (TPSA) is 34.1 Å². The van der Waals surface area contributed by atoms with E-state index in [4.69, 9.17) is 4.74 Å². The summed E-state index contributed by atoms with van der Waals surface area (Å²) >= 11 is 0. The van der Waals surface area contributed by atoms with Gasteiger partial charge in [-0.3, -0.25) is 4.98 Å². The second-order valence-electron chi connectivity index (χ2n) is 5.29. The molecule has 106 valence electrons. The Balaban J connectivity index is 2.01. The van der Waals surface area contributed by atoms with Crippen molar-refractivity contribution < 1.29 is 4.74 Å². The highest BCUT2D eigenvalue weighted by atomic mass is 16.5.